The molecule has 0 aromatic carbocycles. The van der Waals surface area contributed by atoms with E-state index in [1.54, 1.807) is 0 Å². The van der Waals surface area contributed by atoms with Crippen LogP contribution in [-0.4, -0.2) is 30.3 Å². The second kappa shape index (κ2) is 6.74. The Bertz CT molecular complexity index is 110. The highest BCUT2D eigenvalue weighted by molar-refractivity contribution is 8.02. The summed E-state index contributed by atoms with van der Waals surface area (Å²) in [6.07, 6.45) is 2.22. The van der Waals surface area contributed by atoms with E-state index >= 15 is 0 Å². The van der Waals surface area contributed by atoms with Crippen LogP contribution >= 0.6 is 11.8 Å². The van der Waals surface area contributed by atoms with Gasteiger partial charge >= 0.3 is 0 Å². The minimum absolute atomic E-state index is 0.707. The molecule has 2 heteroatoms. The third kappa shape index (κ3) is 7.95. The van der Waals surface area contributed by atoms with Crippen molar-refractivity contribution in [2.45, 2.75) is 26.0 Å². The van der Waals surface area contributed by atoms with Crippen LogP contribution in [0.5, 0.6) is 0 Å². The molecule has 66 valence electrons. The lowest BCUT2D eigenvalue weighted by molar-refractivity contribution is 0.392. The first-order valence-corrected chi connectivity index (χ1v) is 5.10. The van der Waals surface area contributed by atoms with E-state index in [9.17, 15) is 0 Å². The van der Waals surface area contributed by atoms with E-state index in [1.165, 1.54) is 0 Å². The van der Waals surface area contributed by atoms with Crippen LogP contribution in [0.2, 0.25) is 0 Å². The van der Waals surface area contributed by atoms with E-state index in [-0.39, 0.29) is 0 Å². The Morgan fingerprint density at radius 3 is 2.55 bits per heavy atom. The van der Waals surface area contributed by atoms with Crippen molar-refractivity contribution in [1.82, 2.24) is 4.90 Å². The molecular weight excluding hydrogens is 154 g/mol. The standard InChI is InChI=1S/C9H19NS/c1-5-10(4)7-6-8-11-9(2)3/h6,8-9H,5,7H2,1-4H3/b8-6+. The molecule has 0 saturated heterocycles. The minimum atomic E-state index is 0.707. The Kier molecular flexibility index (Phi) is 6.77. The van der Waals surface area contributed by atoms with Gasteiger partial charge in [-0.15, -0.1) is 11.8 Å². The third-order valence-corrected chi connectivity index (χ3v) is 2.30. The van der Waals surface area contributed by atoms with Gasteiger partial charge in [0.05, 0.1) is 0 Å². The van der Waals surface area contributed by atoms with Gasteiger partial charge in [-0.05, 0) is 19.0 Å². The van der Waals surface area contributed by atoms with Crippen molar-refractivity contribution >= 4 is 11.8 Å². The molecule has 0 aromatic heterocycles. The Morgan fingerprint density at radius 1 is 1.45 bits per heavy atom. The van der Waals surface area contributed by atoms with E-state index in [1.807, 2.05) is 11.8 Å². The van der Waals surface area contributed by atoms with Crippen LogP contribution in [0.25, 0.3) is 0 Å². The average Bonchev–Trinajstić information content (AvgIpc) is 1.97. The Hall–Kier alpha value is 0.0500. The lowest BCUT2D eigenvalue weighted by Gasteiger charge is -2.09. The Balaban J connectivity index is 3.29. The van der Waals surface area contributed by atoms with Crippen LogP contribution in [0.3, 0.4) is 0 Å². The van der Waals surface area contributed by atoms with Gasteiger partial charge in [0.25, 0.3) is 0 Å². The van der Waals surface area contributed by atoms with Crippen molar-refractivity contribution in [3.05, 3.63) is 11.5 Å². The van der Waals surface area contributed by atoms with Crippen LogP contribution in [0.4, 0.5) is 0 Å². The number of likely N-dealkylation sites (N-methyl/N-ethyl adjacent to an activating group) is 1. The number of thioether (sulfide) groups is 1. The summed E-state index contributed by atoms with van der Waals surface area (Å²) in [5, 5.41) is 2.90. The van der Waals surface area contributed by atoms with Crippen molar-refractivity contribution < 1.29 is 0 Å². The molecule has 0 amide bonds. The molecule has 0 aromatic rings. The fourth-order valence-electron chi connectivity index (χ4n) is 0.565. The summed E-state index contributed by atoms with van der Waals surface area (Å²) in [4.78, 5) is 2.28. The Morgan fingerprint density at radius 2 is 2.09 bits per heavy atom. The first kappa shape index (κ1) is 11.1. The summed E-state index contributed by atoms with van der Waals surface area (Å²) in [5.74, 6) is 0. The zero-order valence-corrected chi connectivity index (χ0v) is 8.82. The summed E-state index contributed by atoms with van der Waals surface area (Å²) < 4.78 is 0. The summed E-state index contributed by atoms with van der Waals surface area (Å²) in [5.41, 5.74) is 0. The maximum absolute atomic E-state index is 2.28. The first-order chi connectivity index (χ1) is 5.16. The predicted molar refractivity (Wildman–Crippen MR) is 55.0 cm³/mol. The molecule has 0 aliphatic heterocycles. The minimum Gasteiger partial charge on any atom is -0.303 e. The van der Waals surface area contributed by atoms with E-state index in [0.717, 1.165) is 13.1 Å². The number of rotatable bonds is 5. The van der Waals surface area contributed by atoms with Gasteiger partial charge in [-0.1, -0.05) is 26.8 Å². The maximum Gasteiger partial charge on any atom is 0.0168 e. The number of nitrogens with zero attached hydrogens (tertiary/aromatic N) is 1. The van der Waals surface area contributed by atoms with E-state index < -0.39 is 0 Å². The van der Waals surface area contributed by atoms with Crippen LogP contribution in [0.1, 0.15) is 20.8 Å². The molecule has 11 heavy (non-hydrogen) atoms. The van der Waals surface area contributed by atoms with Gasteiger partial charge in [0.1, 0.15) is 0 Å². The van der Waals surface area contributed by atoms with Crippen molar-refractivity contribution in [3.8, 4) is 0 Å². The van der Waals surface area contributed by atoms with Crippen LogP contribution in [-0.2, 0) is 0 Å². The molecule has 0 heterocycles. The van der Waals surface area contributed by atoms with Crippen molar-refractivity contribution in [2.24, 2.45) is 0 Å². The average molecular weight is 173 g/mol. The van der Waals surface area contributed by atoms with Gasteiger partial charge in [0.15, 0.2) is 0 Å². The lowest BCUT2D eigenvalue weighted by atomic mass is 10.5. The Labute approximate surface area is 74.9 Å². The molecule has 0 spiro atoms. The van der Waals surface area contributed by atoms with E-state index in [4.69, 9.17) is 0 Å². The van der Waals surface area contributed by atoms with Crippen molar-refractivity contribution in [2.75, 3.05) is 20.1 Å². The van der Waals surface area contributed by atoms with Gasteiger partial charge in [0, 0.05) is 11.8 Å². The normalized spacial score (nSPS) is 12.2. The van der Waals surface area contributed by atoms with Crippen molar-refractivity contribution in [3.63, 3.8) is 0 Å². The highest BCUT2D eigenvalue weighted by atomic mass is 32.2. The molecule has 0 bridgehead atoms. The largest absolute Gasteiger partial charge is 0.303 e. The molecule has 0 unspecified atom stereocenters. The second-order valence-corrected chi connectivity index (χ2v) is 4.40. The lowest BCUT2D eigenvalue weighted by Crippen LogP contribution is -2.16. The van der Waals surface area contributed by atoms with E-state index in [2.05, 4.69) is 44.2 Å². The quantitative estimate of drug-likeness (QED) is 0.628. The topological polar surface area (TPSA) is 3.24 Å². The van der Waals surface area contributed by atoms with Gasteiger partial charge in [-0.2, -0.15) is 0 Å². The SMILES string of the molecule is CCN(C)C/C=C/SC(C)C. The van der Waals surface area contributed by atoms with Gasteiger partial charge in [-0.3, -0.25) is 0 Å². The molecule has 0 atom stereocenters. The summed E-state index contributed by atoms with van der Waals surface area (Å²) in [7, 11) is 2.13. The van der Waals surface area contributed by atoms with E-state index in [0.29, 0.717) is 5.25 Å². The molecule has 0 radical (unpaired) electrons. The summed E-state index contributed by atoms with van der Waals surface area (Å²) in [6, 6.07) is 0. The smallest absolute Gasteiger partial charge is 0.0168 e. The fraction of sp³-hybridized carbons (Fsp3) is 0.778. The molecule has 1 nitrogen and oxygen atoms in total. The fourth-order valence-corrected chi connectivity index (χ4v) is 1.08. The predicted octanol–water partition coefficient (Wildman–Crippen LogP) is 2.59. The molecular formula is C9H19NS. The molecule has 0 rings (SSSR count). The third-order valence-electron chi connectivity index (χ3n) is 1.40. The molecule has 0 saturated carbocycles. The van der Waals surface area contributed by atoms with Crippen LogP contribution in [0.15, 0.2) is 11.5 Å². The zero-order chi connectivity index (χ0) is 8.69. The first-order valence-electron chi connectivity index (χ1n) is 4.15. The van der Waals surface area contributed by atoms with Gasteiger partial charge < -0.3 is 4.90 Å². The highest BCUT2D eigenvalue weighted by Crippen LogP contribution is 2.09. The van der Waals surface area contributed by atoms with Crippen LogP contribution in [0, 0.1) is 0 Å². The van der Waals surface area contributed by atoms with Gasteiger partial charge in [-0.25, -0.2) is 0 Å². The number of hydrogen-bond acceptors (Lipinski definition) is 2. The summed E-state index contributed by atoms with van der Waals surface area (Å²) >= 11 is 1.88. The van der Waals surface area contributed by atoms with Crippen molar-refractivity contribution in [1.29, 1.82) is 0 Å². The maximum atomic E-state index is 2.28. The molecule has 0 N–H and O–H groups in total. The second-order valence-electron chi connectivity index (χ2n) is 2.91. The monoisotopic (exact) mass is 173 g/mol. The number of hydrogen-bond donors (Lipinski definition) is 0. The molecule has 0 aliphatic carbocycles. The summed E-state index contributed by atoms with van der Waals surface area (Å²) in [6.45, 7) is 8.77. The van der Waals surface area contributed by atoms with Gasteiger partial charge in [0.2, 0.25) is 0 Å². The van der Waals surface area contributed by atoms with Crippen LogP contribution < -0.4 is 0 Å². The zero-order valence-electron chi connectivity index (χ0n) is 8.00. The highest BCUT2D eigenvalue weighted by Gasteiger charge is 1.89. The molecule has 0 aliphatic rings. The molecule has 0 fully saturated rings.